The second-order valence-electron chi connectivity index (χ2n) is 5.96. The summed E-state index contributed by atoms with van der Waals surface area (Å²) in [4.78, 5) is 26.8. The Morgan fingerprint density at radius 2 is 2.22 bits per heavy atom. The maximum atomic E-state index is 12.2. The van der Waals surface area contributed by atoms with Crippen LogP contribution < -0.4 is 10.4 Å². The molecule has 0 radical (unpaired) electrons. The summed E-state index contributed by atoms with van der Waals surface area (Å²) in [6.07, 6.45) is 3.91. The van der Waals surface area contributed by atoms with Crippen molar-refractivity contribution in [1.82, 2.24) is 4.98 Å². The van der Waals surface area contributed by atoms with Crippen molar-refractivity contribution in [3.63, 3.8) is 0 Å². The smallest absolute Gasteiger partial charge is 0.397 e. The number of nitro benzene ring substituents is 1. The van der Waals surface area contributed by atoms with Crippen molar-refractivity contribution in [2.75, 3.05) is 0 Å². The highest BCUT2D eigenvalue weighted by atomic mass is 16.6. The number of nitrogens with zero attached hydrogens (tertiary/aromatic N) is 2. The van der Waals surface area contributed by atoms with Crippen molar-refractivity contribution in [1.29, 1.82) is 0 Å². The van der Waals surface area contributed by atoms with Crippen LogP contribution in [0.3, 0.4) is 0 Å². The van der Waals surface area contributed by atoms with E-state index in [0.717, 1.165) is 25.7 Å². The van der Waals surface area contributed by atoms with Crippen LogP contribution >= 0.6 is 0 Å². The molecular formula is C16H18N2O5. The van der Waals surface area contributed by atoms with E-state index < -0.39 is 10.5 Å². The van der Waals surface area contributed by atoms with Gasteiger partial charge in [-0.15, -0.1) is 0 Å². The lowest BCUT2D eigenvalue weighted by molar-refractivity contribution is -0.384. The van der Waals surface area contributed by atoms with E-state index >= 15 is 0 Å². The maximum absolute atomic E-state index is 12.2. The van der Waals surface area contributed by atoms with Gasteiger partial charge >= 0.3 is 11.7 Å². The summed E-state index contributed by atoms with van der Waals surface area (Å²) < 4.78 is 10.9. The Hall–Kier alpha value is -2.44. The minimum Gasteiger partial charge on any atom is -0.447 e. The molecule has 0 bridgehead atoms. The van der Waals surface area contributed by atoms with Crippen LogP contribution in [0.25, 0.3) is 10.9 Å². The molecule has 0 N–H and O–H groups in total. The van der Waals surface area contributed by atoms with E-state index in [1.165, 1.54) is 12.1 Å². The van der Waals surface area contributed by atoms with E-state index in [0.29, 0.717) is 11.5 Å². The Labute approximate surface area is 132 Å². The summed E-state index contributed by atoms with van der Waals surface area (Å²) in [7, 11) is 0. The van der Waals surface area contributed by atoms with Crippen molar-refractivity contribution in [3.8, 4) is 6.08 Å². The number of aromatic nitrogens is 1. The first kappa shape index (κ1) is 15.5. The summed E-state index contributed by atoms with van der Waals surface area (Å²) in [5.41, 5.74) is 0.0121. The van der Waals surface area contributed by atoms with Crippen LogP contribution in [-0.2, 0) is 0 Å². The van der Waals surface area contributed by atoms with E-state index in [4.69, 9.17) is 9.15 Å². The standard InChI is InChI=1S/C16H18N2O5/c1-3-4-13(10-5-6-10)22-16-17-12-8-11(18(20)21)7-9(2)14(12)15(19)23-16/h7-8,10,13H,3-6H2,1-2H3. The Bertz CT molecular complexity index is 810. The summed E-state index contributed by atoms with van der Waals surface area (Å²) in [5, 5.41) is 11.2. The number of nitro groups is 1. The molecular weight excluding hydrogens is 300 g/mol. The zero-order chi connectivity index (χ0) is 16.6. The third-order valence-corrected chi connectivity index (χ3v) is 4.08. The minimum absolute atomic E-state index is 0.0205. The van der Waals surface area contributed by atoms with Gasteiger partial charge in [-0.2, -0.15) is 4.98 Å². The monoisotopic (exact) mass is 318 g/mol. The number of hydrogen-bond acceptors (Lipinski definition) is 6. The quantitative estimate of drug-likeness (QED) is 0.598. The van der Waals surface area contributed by atoms with Crippen LogP contribution in [0.15, 0.2) is 21.3 Å². The van der Waals surface area contributed by atoms with E-state index in [1.807, 2.05) is 0 Å². The number of aryl methyl sites for hydroxylation is 1. The summed E-state index contributed by atoms with van der Waals surface area (Å²) in [5.74, 6) is 0.476. The molecule has 1 atom stereocenters. The second kappa shape index (κ2) is 5.98. The largest absolute Gasteiger partial charge is 0.447 e. The molecule has 2 aromatic rings. The van der Waals surface area contributed by atoms with Gasteiger partial charge in [-0.3, -0.25) is 10.1 Å². The maximum Gasteiger partial charge on any atom is 0.397 e. The average molecular weight is 318 g/mol. The first-order valence-corrected chi connectivity index (χ1v) is 7.76. The zero-order valence-corrected chi connectivity index (χ0v) is 13.1. The highest BCUT2D eigenvalue weighted by Crippen LogP contribution is 2.36. The highest BCUT2D eigenvalue weighted by molar-refractivity contribution is 5.83. The predicted molar refractivity (Wildman–Crippen MR) is 83.7 cm³/mol. The van der Waals surface area contributed by atoms with E-state index in [-0.39, 0.29) is 28.8 Å². The van der Waals surface area contributed by atoms with Gasteiger partial charge in [0, 0.05) is 12.1 Å². The number of non-ortho nitro benzene ring substituents is 1. The number of fused-ring (bicyclic) bond motifs is 1. The molecule has 122 valence electrons. The van der Waals surface area contributed by atoms with Crippen LogP contribution in [0.2, 0.25) is 0 Å². The topological polar surface area (TPSA) is 95.5 Å². The van der Waals surface area contributed by atoms with Gasteiger partial charge in [0.25, 0.3) is 5.69 Å². The molecule has 0 spiro atoms. The lowest BCUT2D eigenvalue weighted by Crippen LogP contribution is -2.20. The van der Waals surface area contributed by atoms with Gasteiger partial charge in [0.15, 0.2) is 0 Å². The van der Waals surface area contributed by atoms with Crippen molar-refractivity contribution < 1.29 is 14.1 Å². The van der Waals surface area contributed by atoms with Gasteiger partial charge < -0.3 is 9.15 Å². The van der Waals surface area contributed by atoms with E-state index in [2.05, 4.69) is 11.9 Å². The molecule has 1 fully saturated rings. The Morgan fingerprint density at radius 1 is 1.48 bits per heavy atom. The first-order valence-electron chi connectivity index (χ1n) is 7.76. The van der Waals surface area contributed by atoms with Gasteiger partial charge in [-0.05, 0) is 37.7 Å². The van der Waals surface area contributed by atoms with Gasteiger partial charge in [-0.1, -0.05) is 13.3 Å². The number of hydrogen-bond donors (Lipinski definition) is 0. The third kappa shape index (κ3) is 3.18. The Balaban J connectivity index is 2.01. The Morgan fingerprint density at radius 3 is 2.83 bits per heavy atom. The van der Waals surface area contributed by atoms with Crippen molar-refractivity contribution in [3.05, 3.63) is 38.2 Å². The average Bonchev–Trinajstić information content (AvgIpc) is 3.30. The summed E-state index contributed by atoms with van der Waals surface area (Å²) >= 11 is 0. The van der Waals surface area contributed by atoms with Gasteiger partial charge in [0.2, 0.25) is 0 Å². The molecule has 3 rings (SSSR count). The van der Waals surface area contributed by atoms with Crippen molar-refractivity contribution in [2.24, 2.45) is 5.92 Å². The van der Waals surface area contributed by atoms with Gasteiger partial charge in [0.1, 0.15) is 6.10 Å². The third-order valence-electron chi connectivity index (χ3n) is 4.08. The van der Waals surface area contributed by atoms with Crippen LogP contribution in [0.1, 0.15) is 38.2 Å². The molecule has 1 aromatic heterocycles. The van der Waals surface area contributed by atoms with Gasteiger partial charge in [-0.25, -0.2) is 4.79 Å². The second-order valence-corrected chi connectivity index (χ2v) is 5.96. The summed E-state index contributed by atoms with van der Waals surface area (Å²) in [6.45, 7) is 3.69. The molecule has 23 heavy (non-hydrogen) atoms. The molecule has 7 heteroatoms. The molecule has 1 aliphatic rings. The molecule has 1 unspecified atom stereocenters. The number of rotatable bonds is 6. The number of benzene rings is 1. The molecule has 0 saturated heterocycles. The molecule has 1 aromatic carbocycles. The fraction of sp³-hybridized carbons (Fsp3) is 0.500. The number of ether oxygens (including phenoxy) is 1. The molecule has 7 nitrogen and oxygen atoms in total. The van der Waals surface area contributed by atoms with E-state index in [1.54, 1.807) is 6.92 Å². The van der Waals surface area contributed by atoms with Gasteiger partial charge in [0.05, 0.1) is 15.8 Å². The normalized spacial score (nSPS) is 15.6. The Kier molecular flexibility index (Phi) is 4.02. The fourth-order valence-corrected chi connectivity index (χ4v) is 2.78. The van der Waals surface area contributed by atoms with E-state index in [9.17, 15) is 14.9 Å². The van der Waals surface area contributed by atoms with Crippen LogP contribution in [0, 0.1) is 23.0 Å². The van der Waals surface area contributed by atoms with Crippen LogP contribution in [0.4, 0.5) is 5.69 Å². The lowest BCUT2D eigenvalue weighted by atomic mass is 10.1. The molecule has 1 aliphatic carbocycles. The minimum atomic E-state index is -0.580. The summed E-state index contributed by atoms with van der Waals surface area (Å²) in [6, 6.07) is 2.61. The predicted octanol–water partition coefficient (Wildman–Crippen LogP) is 3.36. The lowest BCUT2D eigenvalue weighted by Gasteiger charge is -2.15. The highest BCUT2D eigenvalue weighted by Gasteiger charge is 2.33. The first-order chi connectivity index (χ1) is 11.0. The molecule has 0 amide bonds. The zero-order valence-electron chi connectivity index (χ0n) is 13.1. The fourth-order valence-electron chi connectivity index (χ4n) is 2.78. The van der Waals surface area contributed by atoms with Crippen molar-refractivity contribution >= 4 is 16.6 Å². The molecule has 1 heterocycles. The molecule has 1 saturated carbocycles. The van der Waals surface area contributed by atoms with Crippen molar-refractivity contribution in [2.45, 2.75) is 45.6 Å². The van der Waals surface area contributed by atoms with Crippen LogP contribution in [-0.4, -0.2) is 16.0 Å². The SMILES string of the molecule is CCCC(Oc1nc2cc([N+](=O)[O-])cc(C)c2c(=O)o1)C1CC1. The molecule has 0 aliphatic heterocycles. The van der Waals surface area contributed by atoms with Crippen LogP contribution in [0.5, 0.6) is 6.08 Å².